The lowest BCUT2D eigenvalue weighted by Gasteiger charge is -2.34. The molecular weight excluding hydrogens is 1480 g/mol. The summed E-state index contributed by atoms with van der Waals surface area (Å²) in [6.45, 7) is 10.1. The van der Waals surface area contributed by atoms with Gasteiger partial charge in [0, 0.05) is 163 Å². The molecule has 0 saturated carbocycles. The smallest absolute Gasteiger partial charge is 0.373 e. The molecule has 0 unspecified atom stereocenters. The third kappa shape index (κ3) is 20.4. The molecule has 6 N–H and O–H groups in total. The van der Waals surface area contributed by atoms with Crippen LogP contribution in [-0.2, 0) is 77.5 Å². The summed E-state index contributed by atoms with van der Waals surface area (Å²) in [5.41, 5.74) is 16.0. The van der Waals surface area contributed by atoms with Crippen LogP contribution < -0.4 is 41.4 Å². The van der Waals surface area contributed by atoms with E-state index in [1.54, 1.807) is 56.9 Å². The highest BCUT2D eigenvalue weighted by atomic mass is 16.5. The molecule has 0 spiro atoms. The maximum atomic E-state index is 13.3. The predicted octanol–water partition coefficient (Wildman–Crippen LogP) is 13.1. The standard InChI is InChI=1S/C43H49N7O5.C42H46N8O5.2CO2/c1-27-19-36-30(13-16-35-9-6-7-17-50(35)43(36)54)22-39(27)55-18-8-10-40(51)44-34-23-38(49(5)26-34)42(53)45-32-14-11-29(12-15-32)31-21-37(48(4)24-31)41(52)46-33-20-28(2)47(3)25-33;1-26-17-34-35(43-22-33-9-6-7-15-50(33)42(34)54)21-38(26)55-16-8-10-39(51)44-32-20-37(49(5)25-32)41(53)45-30-13-11-28(12-14-30)29-19-36(48(4)23-29)40(52)46-31-18-27(2)47(3)24-31;2*2-1-3/h11-12,14-15,19-26,35H,6-10,13,16-18H2,1-5H3,(H,44,51)(H,45,53)(H,46,52);11-14,17-25,33H,6-10,15-16H2,1-5H3,(H,44,51)(H,45,53)(H,46,52);;/t35-;33-;;/m00../s1. The molecule has 8 amide bonds. The highest BCUT2D eigenvalue weighted by Gasteiger charge is 2.34. The van der Waals surface area contributed by atoms with Gasteiger partial charge in [0.2, 0.25) is 11.8 Å². The van der Waals surface area contributed by atoms with Gasteiger partial charge in [-0.3, -0.25) is 43.3 Å². The predicted molar refractivity (Wildman–Crippen MR) is 438 cm³/mol. The number of benzene rings is 4. The SMILES string of the molecule is Cc1cc2c(cc1OCCCC(=O)Nc1cc(C(=O)Nc3ccc(-c4cc(C(=O)Nc5cc(C)n(C)c5)n(C)c4)cc3)n(C)c1)CC[C@@H]1CCCCN1C2=O.Cc1cc2c(cc1OCCCC(=O)Nc1cc(C(=O)Nc3ccc(-c4cc(C(=O)Nc5cc(C)n(C)c5)n(C)c4)cc3)n(C)c1)N=C[C@@H]1CCCCN1C2=O.O=C=O.O=C=O. The summed E-state index contributed by atoms with van der Waals surface area (Å²) >= 11 is 0. The maximum absolute atomic E-state index is 13.3. The molecule has 2 saturated heterocycles. The molecule has 4 aromatic carbocycles. The Balaban J connectivity index is 0.000000214. The van der Waals surface area contributed by atoms with Crippen LogP contribution in [-0.4, -0.2) is 141 Å². The Morgan fingerprint density at radius 3 is 1.28 bits per heavy atom. The minimum atomic E-state index is -0.322. The largest absolute Gasteiger partial charge is 0.493 e. The fourth-order valence-electron chi connectivity index (χ4n) is 14.8. The van der Waals surface area contributed by atoms with E-state index in [9.17, 15) is 38.4 Å². The van der Waals surface area contributed by atoms with Crippen molar-refractivity contribution in [2.75, 3.05) is 58.2 Å². The van der Waals surface area contributed by atoms with Gasteiger partial charge in [0.05, 0.1) is 53.3 Å². The zero-order valence-electron chi connectivity index (χ0n) is 66.6. The van der Waals surface area contributed by atoms with E-state index in [1.165, 1.54) is 6.42 Å². The highest BCUT2D eigenvalue weighted by Crippen LogP contribution is 2.37. The van der Waals surface area contributed by atoms with Gasteiger partial charge in [-0.2, -0.15) is 19.2 Å². The molecule has 29 nitrogen and oxygen atoms in total. The molecule has 0 radical (unpaired) electrons. The Kier molecular flexibility index (Phi) is 27.1. The van der Waals surface area contributed by atoms with E-state index in [-0.39, 0.29) is 78.4 Å². The number of nitrogens with zero attached hydrogens (tertiary/aromatic N) is 9. The van der Waals surface area contributed by atoms with Crippen LogP contribution in [0, 0.1) is 27.7 Å². The monoisotopic (exact) mass is 1570 g/mol. The molecule has 10 heterocycles. The second-order valence-corrected chi connectivity index (χ2v) is 29.4. The van der Waals surface area contributed by atoms with E-state index < -0.39 is 0 Å². The van der Waals surface area contributed by atoms with Crippen LogP contribution in [0.25, 0.3) is 22.3 Å². The average Bonchev–Trinajstić information content (AvgIpc) is 1.58. The van der Waals surface area contributed by atoms with Crippen molar-refractivity contribution in [1.82, 2.24) is 37.2 Å². The number of aryl methyl sites for hydroxylation is 11. The molecule has 0 aliphatic carbocycles. The lowest BCUT2D eigenvalue weighted by Crippen LogP contribution is -2.43. The molecule has 29 heteroatoms. The average molecular weight is 1570 g/mol. The first kappa shape index (κ1) is 83.3. The topological polar surface area (TPSA) is 344 Å². The minimum absolute atomic E-state index is 0.0142. The number of carbonyl (C=O) groups excluding carboxylic acids is 12. The maximum Gasteiger partial charge on any atom is 0.373 e. The van der Waals surface area contributed by atoms with Gasteiger partial charge in [-0.05, 0) is 199 Å². The van der Waals surface area contributed by atoms with Crippen LogP contribution in [0.2, 0.25) is 0 Å². The molecule has 116 heavy (non-hydrogen) atoms. The summed E-state index contributed by atoms with van der Waals surface area (Å²) in [5, 5.41) is 17.5. The first-order valence-corrected chi connectivity index (χ1v) is 38.4. The van der Waals surface area contributed by atoms with Crippen molar-refractivity contribution in [2.45, 2.75) is 117 Å². The summed E-state index contributed by atoms with van der Waals surface area (Å²) in [6.07, 6.45) is 23.0. The van der Waals surface area contributed by atoms with Crippen LogP contribution in [0.3, 0.4) is 0 Å². The molecule has 602 valence electrons. The molecule has 2 atom stereocenters. The van der Waals surface area contributed by atoms with Gasteiger partial charge in [-0.15, -0.1) is 0 Å². The summed E-state index contributed by atoms with van der Waals surface area (Å²) < 4.78 is 22.9. The van der Waals surface area contributed by atoms with Crippen molar-refractivity contribution < 1.29 is 67.0 Å². The van der Waals surface area contributed by atoms with E-state index in [1.807, 2.05) is 198 Å². The summed E-state index contributed by atoms with van der Waals surface area (Å²) in [7, 11) is 11.0. The van der Waals surface area contributed by atoms with E-state index in [0.717, 1.165) is 131 Å². The van der Waals surface area contributed by atoms with Crippen molar-refractivity contribution in [1.29, 1.82) is 0 Å². The molecule has 4 aliphatic heterocycles. The van der Waals surface area contributed by atoms with Crippen LogP contribution >= 0.6 is 0 Å². The zero-order valence-corrected chi connectivity index (χ0v) is 66.6. The van der Waals surface area contributed by atoms with Gasteiger partial charge in [-0.1, -0.05) is 24.3 Å². The number of hydrogen-bond acceptors (Lipinski definition) is 15. The number of aromatic nitrogens is 6. The number of aliphatic imine (C=N–C) groups is 1. The lowest BCUT2D eigenvalue weighted by molar-refractivity contribution is -0.193. The van der Waals surface area contributed by atoms with Crippen LogP contribution in [0.15, 0.2) is 151 Å². The Morgan fingerprint density at radius 1 is 0.422 bits per heavy atom. The van der Waals surface area contributed by atoms with Gasteiger partial charge in [-0.25, -0.2) is 0 Å². The number of ether oxygens (including phenoxy) is 2. The number of rotatable bonds is 22. The molecule has 4 aliphatic rings. The van der Waals surface area contributed by atoms with Gasteiger partial charge in [0.25, 0.3) is 35.4 Å². The minimum Gasteiger partial charge on any atom is -0.493 e. The van der Waals surface area contributed by atoms with Crippen LogP contribution in [0.1, 0.15) is 161 Å². The molecule has 6 aromatic heterocycles. The zero-order chi connectivity index (χ0) is 83.0. The molecule has 14 rings (SSSR count). The lowest BCUT2D eigenvalue weighted by atomic mass is 9.97. The number of amides is 8. The number of fused-ring (bicyclic) bond motifs is 4. The van der Waals surface area contributed by atoms with E-state index in [0.29, 0.717) is 94.6 Å². The van der Waals surface area contributed by atoms with Crippen molar-refractivity contribution in [3.05, 3.63) is 208 Å². The Bertz CT molecular complexity index is 5390. The Morgan fingerprint density at radius 2 is 0.819 bits per heavy atom. The van der Waals surface area contributed by atoms with Gasteiger partial charge in [0.15, 0.2) is 0 Å². The highest BCUT2D eigenvalue weighted by molar-refractivity contribution is 6.08. The first-order valence-electron chi connectivity index (χ1n) is 38.4. The van der Waals surface area contributed by atoms with E-state index >= 15 is 0 Å². The third-order valence-corrected chi connectivity index (χ3v) is 21.1. The third-order valence-electron chi connectivity index (χ3n) is 21.1. The van der Waals surface area contributed by atoms with Crippen molar-refractivity contribution in [3.63, 3.8) is 0 Å². The molecule has 2 fully saturated rings. The van der Waals surface area contributed by atoms with E-state index in [2.05, 4.69) is 41.8 Å². The number of nitrogens with one attached hydrogen (secondary N) is 6. The molecular formula is C87H95N15O14. The number of piperidine rings is 2. The van der Waals surface area contributed by atoms with Crippen LogP contribution in [0.5, 0.6) is 11.5 Å². The van der Waals surface area contributed by atoms with Gasteiger partial charge >= 0.3 is 12.3 Å². The Labute approximate surface area is 671 Å². The van der Waals surface area contributed by atoms with Crippen LogP contribution in [0.4, 0.5) is 39.8 Å². The van der Waals surface area contributed by atoms with Crippen molar-refractivity contribution >= 4 is 106 Å². The van der Waals surface area contributed by atoms with Crippen molar-refractivity contribution in [3.8, 4) is 33.8 Å². The fourth-order valence-corrected chi connectivity index (χ4v) is 14.8. The molecule has 0 bridgehead atoms. The second kappa shape index (κ2) is 37.8. The molecule has 10 aromatic rings. The number of carbonyl (C=O) groups is 8. The van der Waals surface area contributed by atoms with Crippen molar-refractivity contribution in [2.24, 2.45) is 47.3 Å². The van der Waals surface area contributed by atoms with E-state index in [4.69, 9.17) is 28.7 Å². The fraction of sp³-hybridized carbons (Fsp3) is 0.322. The first-order chi connectivity index (χ1) is 55.7. The number of hydrogen-bond donors (Lipinski definition) is 6. The Hall–Kier alpha value is -13.7. The normalized spacial score (nSPS) is 14.4. The summed E-state index contributed by atoms with van der Waals surface area (Å²) in [6, 6.07) is 33.6. The summed E-state index contributed by atoms with van der Waals surface area (Å²) in [5.74, 6) is 0.155. The van der Waals surface area contributed by atoms with Gasteiger partial charge in [0.1, 0.15) is 34.3 Å². The number of anilines is 6. The summed E-state index contributed by atoms with van der Waals surface area (Å²) in [4.78, 5) is 146. The quantitative estimate of drug-likeness (QED) is 0.0344. The van der Waals surface area contributed by atoms with Gasteiger partial charge < -0.3 is 78.6 Å². The second-order valence-electron chi connectivity index (χ2n) is 29.4.